The smallest absolute Gasteiger partial charge is 0.326 e. The number of hydrogen-bond donors (Lipinski definition) is 2. The number of hydrogen-bond acceptors (Lipinski definition) is 2. The number of piperidine rings is 1. The fraction of sp³-hybridized carbons (Fsp3) is 0.846. The van der Waals surface area contributed by atoms with Crippen molar-refractivity contribution in [1.82, 2.24) is 10.2 Å². The summed E-state index contributed by atoms with van der Waals surface area (Å²) in [7, 11) is 0. The van der Waals surface area contributed by atoms with Crippen molar-refractivity contribution < 1.29 is 14.7 Å². The fourth-order valence-corrected chi connectivity index (χ4v) is 2.62. The maximum atomic E-state index is 12.1. The number of carbonyl (C=O) groups is 2. The maximum absolute atomic E-state index is 12.1. The molecule has 2 N–H and O–H groups in total. The Bertz CT molecular complexity index is 328. The number of nitrogens with one attached hydrogen (secondary N) is 1. The van der Waals surface area contributed by atoms with Gasteiger partial charge in [0.15, 0.2) is 0 Å². The van der Waals surface area contributed by atoms with Crippen molar-refractivity contribution in [2.45, 2.75) is 45.1 Å². The lowest BCUT2D eigenvalue weighted by Crippen LogP contribution is -2.51. The number of carbonyl (C=O) groups excluding carboxylic acids is 1. The Labute approximate surface area is 108 Å². The first-order valence-corrected chi connectivity index (χ1v) is 6.90. The molecule has 2 unspecified atom stereocenters. The Morgan fingerprint density at radius 3 is 2.67 bits per heavy atom. The van der Waals surface area contributed by atoms with E-state index in [9.17, 15) is 9.59 Å². The van der Waals surface area contributed by atoms with Crippen LogP contribution in [-0.4, -0.2) is 41.1 Å². The molecule has 0 aromatic rings. The van der Waals surface area contributed by atoms with Gasteiger partial charge < -0.3 is 15.3 Å². The number of rotatable bonds is 4. The van der Waals surface area contributed by atoms with Crippen LogP contribution in [0.3, 0.4) is 0 Å². The number of urea groups is 1. The van der Waals surface area contributed by atoms with E-state index in [2.05, 4.69) is 12.2 Å². The minimum Gasteiger partial charge on any atom is -0.480 e. The van der Waals surface area contributed by atoms with Crippen LogP contribution in [0.4, 0.5) is 4.79 Å². The maximum Gasteiger partial charge on any atom is 0.326 e. The van der Waals surface area contributed by atoms with E-state index < -0.39 is 12.0 Å². The minimum absolute atomic E-state index is 0.137. The highest BCUT2D eigenvalue weighted by atomic mass is 16.4. The van der Waals surface area contributed by atoms with E-state index in [4.69, 9.17) is 5.11 Å². The normalized spacial score (nSPS) is 25.6. The lowest BCUT2D eigenvalue weighted by molar-refractivity contribution is -0.139. The highest BCUT2D eigenvalue weighted by Gasteiger charge is 2.38. The van der Waals surface area contributed by atoms with Gasteiger partial charge in [0.05, 0.1) is 0 Å². The summed E-state index contributed by atoms with van der Waals surface area (Å²) >= 11 is 0. The molecular formula is C13H22N2O3. The molecule has 2 fully saturated rings. The monoisotopic (exact) mass is 254 g/mol. The zero-order chi connectivity index (χ0) is 13.1. The van der Waals surface area contributed by atoms with Crippen molar-refractivity contribution in [2.75, 3.05) is 13.1 Å². The van der Waals surface area contributed by atoms with Gasteiger partial charge in [-0.05, 0) is 37.5 Å². The van der Waals surface area contributed by atoms with Gasteiger partial charge in [0.2, 0.25) is 0 Å². The SMILES string of the molecule is CCC1CCCN(C(=O)NC(C(=O)O)C2CC2)C1. The second-order valence-corrected chi connectivity index (χ2v) is 5.47. The Balaban J connectivity index is 1.88. The van der Waals surface area contributed by atoms with Crippen molar-refractivity contribution in [2.24, 2.45) is 11.8 Å². The number of carboxylic acids is 1. The van der Waals surface area contributed by atoms with Crippen molar-refractivity contribution in [3.8, 4) is 0 Å². The predicted octanol–water partition coefficient (Wildman–Crippen LogP) is 1.68. The molecule has 2 rings (SSSR count). The van der Waals surface area contributed by atoms with Crippen molar-refractivity contribution in [3.63, 3.8) is 0 Å². The van der Waals surface area contributed by atoms with Gasteiger partial charge in [-0.1, -0.05) is 13.3 Å². The van der Waals surface area contributed by atoms with Crippen LogP contribution in [-0.2, 0) is 4.79 Å². The van der Waals surface area contributed by atoms with E-state index in [0.717, 1.165) is 38.8 Å². The molecule has 18 heavy (non-hydrogen) atoms. The molecule has 0 bridgehead atoms. The van der Waals surface area contributed by atoms with Crippen molar-refractivity contribution in [3.05, 3.63) is 0 Å². The Kier molecular flexibility index (Phi) is 4.09. The quantitative estimate of drug-likeness (QED) is 0.802. The van der Waals surface area contributed by atoms with Crippen LogP contribution in [0.1, 0.15) is 39.0 Å². The summed E-state index contributed by atoms with van der Waals surface area (Å²) in [5.74, 6) is -0.207. The summed E-state index contributed by atoms with van der Waals surface area (Å²) in [6.07, 6.45) is 5.09. The van der Waals surface area contributed by atoms with Crippen LogP contribution in [0.25, 0.3) is 0 Å². The second kappa shape index (κ2) is 5.59. The van der Waals surface area contributed by atoms with E-state index in [1.807, 2.05) is 0 Å². The number of likely N-dealkylation sites (tertiary alicyclic amines) is 1. The van der Waals surface area contributed by atoms with Gasteiger partial charge in [0, 0.05) is 13.1 Å². The van der Waals surface area contributed by atoms with E-state index in [1.54, 1.807) is 4.90 Å². The van der Waals surface area contributed by atoms with Crippen LogP contribution in [0.2, 0.25) is 0 Å². The average molecular weight is 254 g/mol. The standard InChI is InChI=1S/C13H22N2O3/c1-2-9-4-3-7-15(8-9)13(18)14-11(12(16)17)10-5-6-10/h9-11H,2-8H2,1H3,(H,14,18)(H,16,17). The lowest BCUT2D eigenvalue weighted by atomic mass is 9.96. The lowest BCUT2D eigenvalue weighted by Gasteiger charge is -2.33. The van der Waals surface area contributed by atoms with E-state index in [0.29, 0.717) is 5.92 Å². The van der Waals surface area contributed by atoms with Crippen LogP contribution in [0.15, 0.2) is 0 Å². The van der Waals surface area contributed by atoms with E-state index in [1.165, 1.54) is 6.42 Å². The average Bonchev–Trinajstić information content (AvgIpc) is 3.19. The molecule has 0 spiro atoms. The summed E-state index contributed by atoms with van der Waals surface area (Å²) in [6.45, 7) is 3.65. The molecule has 1 saturated carbocycles. The number of amides is 2. The number of aliphatic carboxylic acids is 1. The van der Waals surface area contributed by atoms with Gasteiger partial charge in [-0.25, -0.2) is 9.59 Å². The molecule has 102 valence electrons. The molecule has 2 amide bonds. The largest absolute Gasteiger partial charge is 0.480 e. The topological polar surface area (TPSA) is 69.6 Å². The molecule has 2 aliphatic rings. The third-order valence-electron chi connectivity index (χ3n) is 4.02. The van der Waals surface area contributed by atoms with Gasteiger partial charge in [-0.15, -0.1) is 0 Å². The Hall–Kier alpha value is -1.26. The van der Waals surface area contributed by atoms with Gasteiger partial charge >= 0.3 is 12.0 Å². The highest BCUT2D eigenvalue weighted by Crippen LogP contribution is 2.33. The predicted molar refractivity (Wildman–Crippen MR) is 67.3 cm³/mol. The summed E-state index contributed by atoms with van der Waals surface area (Å²) in [4.78, 5) is 24.9. The molecule has 1 aliphatic heterocycles. The van der Waals surface area contributed by atoms with Gasteiger partial charge in [-0.3, -0.25) is 0 Å². The van der Waals surface area contributed by atoms with Crippen LogP contribution in [0, 0.1) is 11.8 Å². The molecule has 0 aromatic carbocycles. The molecule has 0 aromatic heterocycles. The zero-order valence-corrected chi connectivity index (χ0v) is 10.9. The van der Waals surface area contributed by atoms with Crippen molar-refractivity contribution in [1.29, 1.82) is 0 Å². The summed E-state index contributed by atoms with van der Waals surface area (Å²) in [6, 6.07) is -0.896. The number of carboxylic acid groups (broad SMARTS) is 1. The van der Waals surface area contributed by atoms with E-state index in [-0.39, 0.29) is 11.9 Å². The van der Waals surface area contributed by atoms with E-state index >= 15 is 0 Å². The summed E-state index contributed by atoms with van der Waals surface area (Å²) in [5, 5.41) is 11.8. The summed E-state index contributed by atoms with van der Waals surface area (Å²) in [5.41, 5.74) is 0. The van der Waals surface area contributed by atoms with Gasteiger partial charge in [0.25, 0.3) is 0 Å². The van der Waals surface area contributed by atoms with Crippen LogP contribution in [0.5, 0.6) is 0 Å². The Morgan fingerprint density at radius 2 is 2.11 bits per heavy atom. The zero-order valence-electron chi connectivity index (χ0n) is 10.9. The third-order valence-corrected chi connectivity index (χ3v) is 4.02. The van der Waals surface area contributed by atoms with Crippen LogP contribution < -0.4 is 5.32 Å². The first kappa shape index (κ1) is 13.2. The minimum atomic E-state index is -0.907. The molecule has 5 heteroatoms. The number of nitrogens with zero attached hydrogens (tertiary/aromatic N) is 1. The Morgan fingerprint density at radius 1 is 1.39 bits per heavy atom. The van der Waals surface area contributed by atoms with Crippen molar-refractivity contribution >= 4 is 12.0 Å². The second-order valence-electron chi connectivity index (χ2n) is 5.47. The molecule has 1 saturated heterocycles. The molecule has 0 radical (unpaired) electrons. The highest BCUT2D eigenvalue weighted by molar-refractivity contribution is 5.83. The summed E-state index contributed by atoms with van der Waals surface area (Å²) < 4.78 is 0. The van der Waals surface area contributed by atoms with Gasteiger partial charge in [-0.2, -0.15) is 0 Å². The molecule has 5 nitrogen and oxygen atoms in total. The van der Waals surface area contributed by atoms with Crippen LogP contribution >= 0.6 is 0 Å². The fourth-order valence-electron chi connectivity index (χ4n) is 2.62. The van der Waals surface area contributed by atoms with Gasteiger partial charge in [0.1, 0.15) is 6.04 Å². The first-order valence-electron chi connectivity index (χ1n) is 6.90. The molecular weight excluding hydrogens is 232 g/mol. The molecule has 1 heterocycles. The third kappa shape index (κ3) is 3.15. The molecule has 2 atom stereocenters. The molecule has 1 aliphatic carbocycles. The first-order chi connectivity index (χ1) is 8.61.